The molecule has 1 aliphatic carbocycles. The van der Waals surface area contributed by atoms with Gasteiger partial charge in [-0.2, -0.15) is 0 Å². The number of rotatable bonds is 5. The largest absolute Gasteiger partial charge is 0.478 e. The zero-order valence-electron chi connectivity index (χ0n) is 16.4. The highest BCUT2D eigenvalue weighted by Crippen LogP contribution is 2.24. The summed E-state index contributed by atoms with van der Waals surface area (Å²) in [5.41, 5.74) is 5.43. The third-order valence-electron chi connectivity index (χ3n) is 4.67. The molecule has 0 atom stereocenters. The van der Waals surface area contributed by atoms with E-state index >= 15 is 0 Å². The molecule has 0 amide bonds. The maximum absolute atomic E-state index is 10.9. The Morgan fingerprint density at radius 1 is 1.14 bits per heavy atom. The van der Waals surface area contributed by atoms with Gasteiger partial charge in [-0.05, 0) is 73.7 Å². The first-order valence-corrected chi connectivity index (χ1v) is 9.58. The number of carbonyl (C=O) groups is 1. The fourth-order valence-electron chi connectivity index (χ4n) is 3.08. The first-order chi connectivity index (χ1) is 14.1. The van der Waals surface area contributed by atoms with Gasteiger partial charge in [-0.25, -0.2) is 4.79 Å². The molecule has 0 unspecified atom stereocenters. The predicted molar refractivity (Wildman–Crippen MR) is 115 cm³/mol. The van der Waals surface area contributed by atoms with Gasteiger partial charge in [-0.1, -0.05) is 52.9 Å². The Morgan fingerprint density at radius 3 is 2.62 bits per heavy atom. The molecule has 0 aliphatic heterocycles. The summed E-state index contributed by atoms with van der Waals surface area (Å²) in [6.07, 6.45) is 6.79. The minimum absolute atomic E-state index is 0.255. The Bertz CT molecular complexity index is 1000. The Kier molecular flexibility index (Phi) is 7.02. The van der Waals surface area contributed by atoms with Crippen LogP contribution in [0.5, 0.6) is 0 Å². The SMILES string of the molecule is CC1=C(/C=C/C#Cc2ccc(C(=O)O)cc2)/C(=N/OCc2ccccc2)CCC1. The molecule has 0 saturated heterocycles. The van der Waals surface area contributed by atoms with E-state index < -0.39 is 5.97 Å². The van der Waals surface area contributed by atoms with Crippen molar-refractivity contribution in [3.8, 4) is 11.8 Å². The van der Waals surface area contributed by atoms with Gasteiger partial charge in [0.2, 0.25) is 0 Å². The van der Waals surface area contributed by atoms with Crippen LogP contribution in [0.4, 0.5) is 0 Å². The van der Waals surface area contributed by atoms with Crippen molar-refractivity contribution in [3.63, 3.8) is 0 Å². The second-order valence-corrected chi connectivity index (χ2v) is 6.83. The number of oxime groups is 1. The van der Waals surface area contributed by atoms with Gasteiger partial charge in [-0.15, -0.1) is 0 Å². The molecule has 146 valence electrons. The zero-order valence-corrected chi connectivity index (χ0v) is 16.4. The summed E-state index contributed by atoms with van der Waals surface area (Å²) in [6.45, 7) is 2.57. The second-order valence-electron chi connectivity index (χ2n) is 6.83. The number of benzene rings is 2. The lowest BCUT2D eigenvalue weighted by molar-refractivity contribution is 0.0697. The normalized spacial score (nSPS) is 15.3. The number of hydrogen-bond acceptors (Lipinski definition) is 3. The van der Waals surface area contributed by atoms with Crippen molar-refractivity contribution >= 4 is 11.7 Å². The van der Waals surface area contributed by atoms with Crippen LogP contribution in [0, 0.1) is 11.8 Å². The Morgan fingerprint density at radius 2 is 1.90 bits per heavy atom. The summed E-state index contributed by atoms with van der Waals surface area (Å²) in [7, 11) is 0. The molecule has 29 heavy (non-hydrogen) atoms. The Labute approximate surface area is 171 Å². The lowest BCUT2D eigenvalue weighted by atomic mass is 9.91. The van der Waals surface area contributed by atoms with Gasteiger partial charge >= 0.3 is 5.97 Å². The van der Waals surface area contributed by atoms with Gasteiger partial charge in [-0.3, -0.25) is 0 Å². The number of hydrogen-bond donors (Lipinski definition) is 1. The number of carboxylic acid groups (broad SMARTS) is 1. The quantitative estimate of drug-likeness (QED) is 0.556. The third kappa shape index (κ3) is 5.95. The molecule has 2 aromatic carbocycles. The Hall–Kier alpha value is -3.58. The average Bonchev–Trinajstić information content (AvgIpc) is 2.74. The summed E-state index contributed by atoms with van der Waals surface area (Å²) in [5.74, 6) is 5.09. The number of aromatic carboxylic acids is 1. The molecule has 3 rings (SSSR count). The van der Waals surface area contributed by atoms with E-state index in [1.165, 1.54) is 5.57 Å². The minimum atomic E-state index is -0.939. The first-order valence-electron chi connectivity index (χ1n) is 9.58. The molecular formula is C25H23NO3. The molecule has 2 aromatic rings. The smallest absolute Gasteiger partial charge is 0.335 e. The van der Waals surface area contributed by atoms with Gasteiger partial charge in [0, 0.05) is 5.56 Å². The molecular weight excluding hydrogens is 362 g/mol. The molecule has 0 spiro atoms. The highest BCUT2D eigenvalue weighted by molar-refractivity contribution is 6.03. The number of allylic oxidation sites excluding steroid dienone is 4. The van der Waals surface area contributed by atoms with Gasteiger partial charge < -0.3 is 9.94 Å². The van der Waals surface area contributed by atoms with Crippen molar-refractivity contribution in [2.24, 2.45) is 5.16 Å². The molecule has 0 radical (unpaired) electrons. The predicted octanol–water partition coefficient (Wildman–Crippen LogP) is 5.37. The highest BCUT2D eigenvalue weighted by Gasteiger charge is 2.14. The van der Waals surface area contributed by atoms with Crippen LogP contribution in [0.15, 0.2) is 83.1 Å². The van der Waals surface area contributed by atoms with E-state index in [0.29, 0.717) is 6.61 Å². The van der Waals surface area contributed by atoms with E-state index in [4.69, 9.17) is 9.94 Å². The number of carboxylic acids is 1. The fraction of sp³-hybridized carbons (Fsp3) is 0.200. The molecule has 0 heterocycles. The lowest BCUT2D eigenvalue weighted by Crippen LogP contribution is -2.10. The summed E-state index contributed by atoms with van der Waals surface area (Å²) in [6, 6.07) is 16.5. The van der Waals surface area contributed by atoms with Crippen molar-refractivity contribution in [1.82, 2.24) is 0 Å². The van der Waals surface area contributed by atoms with Crippen LogP contribution >= 0.6 is 0 Å². The van der Waals surface area contributed by atoms with Crippen LogP contribution < -0.4 is 0 Å². The topological polar surface area (TPSA) is 58.9 Å². The maximum Gasteiger partial charge on any atom is 0.335 e. The van der Waals surface area contributed by atoms with Crippen molar-refractivity contribution in [3.05, 3.63) is 94.6 Å². The van der Waals surface area contributed by atoms with Crippen LogP contribution in [0.2, 0.25) is 0 Å². The maximum atomic E-state index is 10.9. The molecule has 1 N–H and O–H groups in total. The summed E-state index contributed by atoms with van der Waals surface area (Å²) in [5, 5.41) is 13.3. The van der Waals surface area contributed by atoms with E-state index in [-0.39, 0.29) is 5.56 Å². The molecule has 4 heteroatoms. The van der Waals surface area contributed by atoms with E-state index in [2.05, 4.69) is 23.9 Å². The standard InChI is InChI=1S/C25H23NO3/c1-19-8-7-13-24(26-29-18-21-10-3-2-4-11-21)23(19)12-6-5-9-20-14-16-22(17-15-20)25(27)28/h2-4,6,10-12,14-17H,7-8,13,18H2,1H3,(H,27,28)/b12-6+,26-24+. The minimum Gasteiger partial charge on any atom is -0.478 e. The van der Waals surface area contributed by atoms with Crippen molar-refractivity contribution in [2.45, 2.75) is 32.8 Å². The van der Waals surface area contributed by atoms with Crippen LogP contribution in [-0.2, 0) is 11.4 Å². The molecule has 0 aromatic heterocycles. The molecule has 0 bridgehead atoms. The van der Waals surface area contributed by atoms with Crippen LogP contribution in [0.3, 0.4) is 0 Å². The van der Waals surface area contributed by atoms with Gasteiger partial charge in [0.15, 0.2) is 0 Å². The van der Waals surface area contributed by atoms with E-state index in [9.17, 15) is 4.79 Å². The molecule has 0 saturated carbocycles. The first kappa shape index (κ1) is 20.2. The van der Waals surface area contributed by atoms with Gasteiger partial charge in [0.1, 0.15) is 6.61 Å². The van der Waals surface area contributed by atoms with E-state index in [1.807, 2.05) is 42.5 Å². The molecule has 4 nitrogen and oxygen atoms in total. The summed E-state index contributed by atoms with van der Waals surface area (Å²) in [4.78, 5) is 16.5. The molecule has 1 aliphatic rings. The average molecular weight is 385 g/mol. The van der Waals surface area contributed by atoms with E-state index in [1.54, 1.807) is 24.3 Å². The lowest BCUT2D eigenvalue weighted by Gasteiger charge is -2.17. The van der Waals surface area contributed by atoms with Crippen molar-refractivity contribution in [1.29, 1.82) is 0 Å². The van der Waals surface area contributed by atoms with Crippen LogP contribution in [0.1, 0.15) is 47.7 Å². The third-order valence-corrected chi connectivity index (χ3v) is 4.67. The summed E-state index contributed by atoms with van der Waals surface area (Å²) < 4.78 is 0. The monoisotopic (exact) mass is 385 g/mol. The van der Waals surface area contributed by atoms with E-state index in [0.717, 1.165) is 41.7 Å². The number of nitrogens with zero attached hydrogens (tertiary/aromatic N) is 1. The van der Waals surface area contributed by atoms with Crippen LogP contribution in [-0.4, -0.2) is 16.8 Å². The van der Waals surface area contributed by atoms with Crippen LogP contribution in [0.25, 0.3) is 0 Å². The summed E-state index contributed by atoms with van der Waals surface area (Å²) >= 11 is 0. The zero-order chi connectivity index (χ0) is 20.5. The fourth-order valence-corrected chi connectivity index (χ4v) is 3.08. The van der Waals surface area contributed by atoms with Gasteiger partial charge in [0.25, 0.3) is 0 Å². The highest BCUT2D eigenvalue weighted by atomic mass is 16.6. The Balaban J connectivity index is 1.66. The van der Waals surface area contributed by atoms with Crippen molar-refractivity contribution in [2.75, 3.05) is 0 Å². The van der Waals surface area contributed by atoms with Crippen molar-refractivity contribution < 1.29 is 14.7 Å². The molecule has 0 fully saturated rings. The second kappa shape index (κ2) is 10.1. The van der Waals surface area contributed by atoms with Gasteiger partial charge in [0.05, 0.1) is 11.3 Å².